The Morgan fingerprint density at radius 1 is 1.32 bits per heavy atom. The molecule has 0 fully saturated rings. The molecule has 1 rings (SSSR count). The molecule has 0 aliphatic carbocycles. The number of rotatable bonds is 5. The van der Waals surface area contributed by atoms with E-state index in [9.17, 15) is 17.4 Å². The Labute approximate surface area is 131 Å². The normalized spacial score (nSPS) is 15.5. The maximum atomic E-state index is 12.2. The van der Waals surface area contributed by atoms with E-state index < -0.39 is 28.5 Å². The maximum Gasteiger partial charge on any atom is 0.405 e. The van der Waals surface area contributed by atoms with Gasteiger partial charge in [0.1, 0.15) is 12.4 Å². The highest BCUT2D eigenvalue weighted by Gasteiger charge is 2.27. The lowest BCUT2D eigenvalue weighted by Gasteiger charge is -2.22. The molecule has 0 aromatic carbocycles. The summed E-state index contributed by atoms with van der Waals surface area (Å²) in [5, 5.41) is 2.27. The molecule has 0 radical (unpaired) electrons. The van der Waals surface area contributed by atoms with Gasteiger partial charge in [0.2, 0.25) is 0 Å². The summed E-state index contributed by atoms with van der Waals surface area (Å²) >= 11 is 0. The van der Waals surface area contributed by atoms with E-state index in [4.69, 9.17) is 0 Å². The molecule has 8 heteroatoms. The van der Waals surface area contributed by atoms with Crippen LogP contribution in [-0.4, -0.2) is 26.7 Å². The Morgan fingerprint density at radius 3 is 2.36 bits per heavy atom. The van der Waals surface area contributed by atoms with E-state index in [2.05, 4.69) is 15.0 Å². The number of aryl methyl sites for hydroxylation is 1. The Morgan fingerprint density at radius 2 is 1.91 bits per heavy atom. The Balaban J connectivity index is 2.78. The van der Waals surface area contributed by atoms with Crippen LogP contribution in [0.15, 0.2) is 12.3 Å². The minimum Gasteiger partial charge on any atom is -0.361 e. The van der Waals surface area contributed by atoms with Crippen LogP contribution in [0.3, 0.4) is 0 Å². The van der Waals surface area contributed by atoms with Gasteiger partial charge in [0, 0.05) is 12.2 Å². The minimum atomic E-state index is -4.29. The zero-order valence-electron chi connectivity index (χ0n) is 13.3. The van der Waals surface area contributed by atoms with Crippen LogP contribution in [0.5, 0.6) is 0 Å². The molecular formula is C14H22F3N3OS. The number of alkyl halides is 3. The fourth-order valence-electron chi connectivity index (χ4n) is 1.61. The lowest BCUT2D eigenvalue weighted by molar-refractivity contribution is -0.115. The number of anilines is 1. The molecule has 0 saturated carbocycles. The molecule has 0 aliphatic rings. The van der Waals surface area contributed by atoms with E-state index in [-0.39, 0.29) is 11.9 Å². The first-order chi connectivity index (χ1) is 9.90. The topological polar surface area (TPSA) is 54.0 Å². The van der Waals surface area contributed by atoms with Crippen LogP contribution < -0.4 is 10.0 Å². The Kier molecular flexibility index (Phi) is 5.97. The Hall–Kier alpha value is -1.15. The van der Waals surface area contributed by atoms with Gasteiger partial charge in [-0.15, -0.1) is 0 Å². The van der Waals surface area contributed by atoms with E-state index in [1.165, 1.54) is 6.20 Å². The highest BCUT2D eigenvalue weighted by molar-refractivity contribution is 7.84. The van der Waals surface area contributed by atoms with Gasteiger partial charge < -0.3 is 5.32 Å². The minimum absolute atomic E-state index is 0.199. The number of halogens is 3. The molecule has 2 atom stereocenters. The summed E-state index contributed by atoms with van der Waals surface area (Å²) in [6.45, 7) is 7.97. The number of aromatic nitrogens is 1. The van der Waals surface area contributed by atoms with Crippen molar-refractivity contribution in [3.63, 3.8) is 0 Å². The summed E-state index contributed by atoms with van der Waals surface area (Å²) in [5.74, 6) is 0.199. The number of pyridine rings is 1. The van der Waals surface area contributed by atoms with Crippen LogP contribution >= 0.6 is 0 Å². The van der Waals surface area contributed by atoms with Crippen molar-refractivity contribution < 1.29 is 17.4 Å². The van der Waals surface area contributed by atoms with Crippen molar-refractivity contribution in [3.8, 4) is 0 Å². The van der Waals surface area contributed by atoms with E-state index >= 15 is 0 Å². The van der Waals surface area contributed by atoms with Crippen LogP contribution in [0.2, 0.25) is 0 Å². The highest BCUT2D eigenvalue weighted by atomic mass is 32.2. The quantitative estimate of drug-likeness (QED) is 0.865. The highest BCUT2D eigenvalue weighted by Crippen LogP contribution is 2.22. The zero-order valence-corrected chi connectivity index (χ0v) is 14.2. The van der Waals surface area contributed by atoms with Gasteiger partial charge in [0.15, 0.2) is 0 Å². The zero-order chi connectivity index (χ0) is 17.1. The second-order valence-corrected chi connectivity index (χ2v) is 8.12. The van der Waals surface area contributed by atoms with Crippen molar-refractivity contribution >= 4 is 16.8 Å². The van der Waals surface area contributed by atoms with Gasteiger partial charge in [-0.1, -0.05) is 0 Å². The third-order valence-corrected chi connectivity index (χ3v) is 4.58. The third kappa shape index (κ3) is 5.92. The molecule has 2 N–H and O–H groups in total. The van der Waals surface area contributed by atoms with Gasteiger partial charge in [0.05, 0.1) is 15.7 Å². The van der Waals surface area contributed by atoms with Crippen molar-refractivity contribution in [2.45, 2.75) is 51.6 Å². The molecular weight excluding hydrogens is 315 g/mol. The SMILES string of the molecule is Cc1cc(C(C)NS(=O)C(C)(C)C)cnc1NCC(F)(F)F. The van der Waals surface area contributed by atoms with E-state index in [1.54, 1.807) is 13.0 Å². The average Bonchev–Trinajstić information content (AvgIpc) is 2.34. The van der Waals surface area contributed by atoms with Gasteiger partial charge in [-0.05, 0) is 51.8 Å². The molecule has 126 valence electrons. The summed E-state index contributed by atoms with van der Waals surface area (Å²) in [7, 11) is -1.24. The molecule has 0 saturated heterocycles. The van der Waals surface area contributed by atoms with Crippen molar-refractivity contribution in [2.75, 3.05) is 11.9 Å². The summed E-state index contributed by atoms with van der Waals surface area (Å²) in [4.78, 5) is 4.02. The lowest BCUT2D eigenvalue weighted by Crippen LogP contribution is -2.34. The monoisotopic (exact) mass is 337 g/mol. The van der Waals surface area contributed by atoms with Crippen LogP contribution in [-0.2, 0) is 11.0 Å². The Bertz CT molecular complexity index is 541. The molecule has 4 nitrogen and oxygen atoms in total. The fraction of sp³-hybridized carbons (Fsp3) is 0.643. The average molecular weight is 337 g/mol. The predicted molar refractivity (Wildman–Crippen MR) is 83.0 cm³/mol. The first-order valence-corrected chi connectivity index (χ1v) is 8.00. The molecule has 2 unspecified atom stereocenters. The lowest BCUT2D eigenvalue weighted by atomic mass is 10.1. The standard InChI is InChI=1S/C14H22F3N3OS/c1-9-6-11(10(2)20-22(21)13(3,4)5)7-18-12(9)19-8-14(15,16)17/h6-7,10,20H,8H2,1-5H3,(H,18,19). The fourth-order valence-corrected chi connectivity index (χ4v) is 2.42. The molecule has 0 aliphatic heterocycles. The van der Waals surface area contributed by atoms with Gasteiger partial charge >= 0.3 is 6.18 Å². The maximum absolute atomic E-state index is 12.2. The number of hydrogen-bond donors (Lipinski definition) is 2. The van der Waals surface area contributed by atoms with Gasteiger partial charge in [0.25, 0.3) is 0 Å². The molecule has 0 amide bonds. The predicted octanol–water partition coefficient (Wildman–Crippen LogP) is 3.48. The molecule has 0 bridgehead atoms. The molecule has 22 heavy (non-hydrogen) atoms. The van der Waals surface area contributed by atoms with Crippen LogP contribution in [0.4, 0.5) is 19.0 Å². The second-order valence-electron chi connectivity index (χ2n) is 6.12. The molecule has 1 heterocycles. The van der Waals surface area contributed by atoms with E-state index in [0.717, 1.165) is 5.56 Å². The van der Waals surface area contributed by atoms with Crippen LogP contribution in [0.1, 0.15) is 44.9 Å². The van der Waals surface area contributed by atoms with Gasteiger partial charge in [-0.2, -0.15) is 13.2 Å². The summed E-state index contributed by atoms with van der Waals surface area (Å²) in [6, 6.07) is 1.52. The van der Waals surface area contributed by atoms with Gasteiger partial charge in [-0.3, -0.25) is 0 Å². The number of nitrogens with zero attached hydrogens (tertiary/aromatic N) is 1. The summed E-state index contributed by atoms with van der Waals surface area (Å²) in [5.41, 5.74) is 1.38. The van der Waals surface area contributed by atoms with Crippen molar-refractivity contribution in [1.82, 2.24) is 9.71 Å². The number of hydrogen-bond acceptors (Lipinski definition) is 3. The number of nitrogens with one attached hydrogen (secondary N) is 2. The van der Waals surface area contributed by atoms with Crippen LogP contribution in [0, 0.1) is 6.92 Å². The van der Waals surface area contributed by atoms with Crippen molar-refractivity contribution in [2.24, 2.45) is 0 Å². The van der Waals surface area contributed by atoms with E-state index in [0.29, 0.717) is 5.56 Å². The largest absolute Gasteiger partial charge is 0.405 e. The smallest absolute Gasteiger partial charge is 0.361 e. The van der Waals surface area contributed by atoms with E-state index in [1.807, 2.05) is 27.7 Å². The third-order valence-electron chi connectivity index (χ3n) is 2.90. The molecule has 1 aromatic rings. The van der Waals surface area contributed by atoms with Gasteiger partial charge in [-0.25, -0.2) is 13.9 Å². The molecule has 1 aromatic heterocycles. The van der Waals surface area contributed by atoms with Crippen LogP contribution in [0.25, 0.3) is 0 Å². The summed E-state index contributed by atoms with van der Waals surface area (Å²) < 4.78 is 51.2. The second kappa shape index (κ2) is 6.95. The van der Waals surface area contributed by atoms with Crippen molar-refractivity contribution in [1.29, 1.82) is 0 Å². The first kappa shape index (κ1) is 18.9. The summed E-state index contributed by atoms with van der Waals surface area (Å²) in [6.07, 6.45) is -2.80. The first-order valence-electron chi connectivity index (χ1n) is 6.85. The molecule has 0 spiro atoms. The van der Waals surface area contributed by atoms with Crippen molar-refractivity contribution in [3.05, 3.63) is 23.4 Å².